The van der Waals surface area contributed by atoms with Crippen molar-refractivity contribution in [2.75, 3.05) is 13.6 Å². The largest absolute Gasteiger partial charge is 0.319 e. The number of nitrogens with one attached hydrogen (secondary N) is 1. The van der Waals surface area contributed by atoms with Crippen LogP contribution in [0, 0.1) is 26.7 Å². The zero-order valence-electron chi connectivity index (χ0n) is 12.1. The number of hydrogen-bond acceptors (Lipinski definition) is 1. The maximum Gasteiger partial charge on any atom is -0.00203 e. The SMILES string of the molecule is CCCC(CNC)Cc1c(C)cc(C)cc1C. The Hall–Kier alpha value is -0.820. The van der Waals surface area contributed by atoms with Gasteiger partial charge in [0.05, 0.1) is 0 Å². The van der Waals surface area contributed by atoms with Gasteiger partial charge >= 0.3 is 0 Å². The van der Waals surface area contributed by atoms with Gasteiger partial charge < -0.3 is 5.32 Å². The molecule has 17 heavy (non-hydrogen) atoms. The van der Waals surface area contributed by atoms with E-state index in [2.05, 4.69) is 52.2 Å². The summed E-state index contributed by atoms with van der Waals surface area (Å²) >= 11 is 0. The second-order valence-corrected chi connectivity index (χ2v) is 5.29. The lowest BCUT2D eigenvalue weighted by Gasteiger charge is -2.19. The third-order valence-electron chi connectivity index (χ3n) is 3.52. The van der Waals surface area contributed by atoms with Crippen LogP contribution in [0.5, 0.6) is 0 Å². The van der Waals surface area contributed by atoms with E-state index in [9.17, 15) is 0 Å². The van der Waals surface area contributed by atoms with Gasteiger partial charge in [0.25, 0.3) is 0 Å². The molecule has 0 aromatic heterocycles. The van der Waals surface area contributed by atoms with Crippen LogP contribution in [0.25, 0.3) is 0 Å². The first-order valence-electron chi connectivity index (χ1n) is 6.79. The third kappa shape index (κ3) is 4.16. The van der Waals surface area contributed by atoms with Gasteiger partial charge in [-0.05, 0) is 69.8 Å². The van der Waals surface area contributed by atoms with Crippen molar-refractivity contribution in [2.45, 2.75) is 47.0 Å². The quantitative estimate of drug-likeness (QED) is 0.788. The molecule has 0 aliphatic rings. The molecule has 0 fully saturated rings. The summed E-state index contributed by atoms with van der Waals surface area (Å²) < 4.78 is 0. The molecule has 96 valence electrons. The summed E-state index contributed by atoms with van der Waals surface area (Å²) in [5.41, 5.74) is 5.85. The van der Waals surface area contributed by atoms with Gasteiger partial charge in [0.2, 0.25) is 0 Å². The van der Waals surface area contributed by atoms with Gasteiger partial charge in [-0.2, -0.15) is 0 Å². The first kappa shape index (κ1) is 14.2. The highest BCUT2D eigenvalue weighted by molar-refractivity contribution is 5.37. The zero-order chi connectivity index (χ0) is 12.8. The summed E-state index contributed by atoms with van der Waals surface area (Å²) in [6, 6.07) is 4.62. The summed E-state index contributed by atoms with van der Waals surface area (Å²) in [5, 5.41) is 3.32. The van der Waals surface area contributed by atoms with Crippen LogP contribution in [0.1, 0.15) is 42.0 Å². The predicted octanol–water partition coefficient (Wildman–Crippen LogP) is 3.79. The average Bonchev–Trinajstić information content (AvgIpc) is 2.23. The van der Waals surface area contributed by atoms with E-state index in [4.69, 9.17) is 0 Å². The van der Waals surface area contributed by atoms with Crippen LogP contribution in [-0.4, -0.2) is 13.6 Å². The highest BCUT2D eigenvalue weighted by Crippen LogP contribution is 2.21. The second-order valence-electron chi connectivity index (χ2n) is 5.29. The Balaban J connectivity index is 2.84. The molecule has 1 unspecified atom stereocenters. The Bertz CT molecular complexity index is 326. The molecule has 0 radical (unpaired) electrons. The zero-order valence-corrected chi connectivity index (χ0v) is 12.1. The van der Waals surface area contributed by atoms with Crippen molar-refractivity contribution < 1.29 is 0 Å². The molecule has 1 atom stereocenters. The lowest BCUT2D eigenvalue weighted by Crippen LogP contribution is -2.21. The van der Waals surface area contributed by atoms with Gasteiger partial charge in [0.15, 0.2) is 0 Å². The van der Waals surface area contributed by atoms with E-state index in [1.54, 1.807) is 5.56 Å². The molecule has 1 rings (SSSR count). The molecule has 0 heterocycles. The maximum absolute atomic E-state index is 3.32. The molecule has 1 N–H and O–H groups in total. The summed E-state index contributed by atoms with van der Waals surface area (Å²) in [4.78, 5) is 0. The average molecular weight is 233 g/mol. The first-order valence-corrected chi connectivity index (χ1v) is 6.79. The molecule has 0 spiro atoms. The fraction of sp³-hybridized carbons (Fsp3) is 0.625. The maximum atomic E-state index is 3.32. The van der Waals surface area contributed by atoms with E-state index < -0.39 is 0 Å². The van der Waals surface area contributed by atoms with E-state index in [0.29, 0.717) is 0 Å². The predicted molar refractivity (Wildman–Crippen MR) is 76.7 cm³/mol. The van der Waals surface area contributed by atoms with Crippen molar-refractivity contribution in [3.63, 3.8) is 0 Å². The van der Waals surface area contributed by atoms with Gasteiger partial charge in [0, 0.05) is 0 Å². The number of hydrogen-bond donors (Lipinski definition) is 1. The Morgan fingerprint density at radius 3 is 2.18 bits per heavy atom. The Morgan fingerprint density at radius 1 is 1.12 bits per heavy atom. The summed E-state index contributed by atoms with van der Waals surface area (Å²) in [5.74, 6) is 0.769. The van der Waals surface area contributed by atoms with Crippen molar-refractivity contribution in [3.05, 3.63) is 34.4 Å². The monoisotopic (exact) mass is 233 g/mol. The smallest absolute Gasteiger partial charge is 0.00203 e. The summed E-state index contributed by atoms with van der Waals surface area (Å²) in [6.45, 7) is 10.1. The Labute approximate surface area is 107 Å². The Kier molecular flexibility index (Phi) is 5.70. The van der Waals surface area contributed by atoms with Crippen LogP contribution in [0.15, 0.2) is 12.1 Å². The topological polar surface area (TPSA) is 12.0 Å². The van der Waals surface area contributed by atoms with Crippen LogP contribution in [0.2, 0.25) is 0 Å². The molecule has 1 nitrogen and oxygen atoms in total. The van der Waals surface area contributed by atoms with Crippen molar-refractivity contribution >= 4 is 0 Å². The van der Waals surface area contributed by atoms with E-state index in [0.717, 1.165) is 12.5 Å². The number of benzene rings is 1. The highest BCUT2D eigenvalue weighted by atomic mass is 14.8. The summed E-state index contributed by atoms with van der Waals surface area (Å²) in [7, 11) is 2.05. The van der Waals surface area contributed by atoms with Crippen molar-refractivity contribution in [2.24, 2.45) is 5.92 Å². The van der Waals surface area contributed by atoms with E-state index in [1.165, 1.54) is 36.0 Å². The minimum Gasteiger partial charge on any atom is -0.319 e. The molecule has 1 aromatic rings. The lowest BCUT2D eigenvalue weighted by molar-refractivity contribution is 0.454. The number of rotatable bonds is 6. The van der Waals surface area contributed by atoms with Crippen LogP contribution >= 0.6 is 0 Å². The minimum absolute atomic E-state index is 0.769. The second kappa shape index (κ2) is 6.80. The van der Waals surface area contributed by atoms with Crippen LogP contribution in [0.4, 0.5) is 0 Å². The highest BCUT2D eigenvalue weighted by Gasteiger charge is 2.11. The molecule has 0 saturated carbocycles. The third-order valence-corrected chi connectivity index (χ3v) is 3.52. The van der Waals surface area contributed by atoms with E-state index >= 15 is 0 Å². The minimum atomic E-state index is 0.769. The number of aryl methyl sites for hydroxylation is 3. The van der Waals surface area contributed by atoms with Crippen LogP contribution < -0.4 is 5.32 Å². The molecule has 0 amide bonds. The van der Waals surface area contributed by atoms with Crippen molar-refractivity contribution in [1.29, 1.82) is 0 Å². The van der Waals surface area contributed by atoms with Crippen LogP contribution in [0.3, 0.4) is 0 Å². The molecular weight excluding hydrogens is 206 g/mol. The van der Waals surface area contributed by atoms with Gasteiger partial charge in [-0.1, -0.05) is 31.0 Å². The van der Waals surface area contributed by atoms with Gasteiger partial charge in [-0.15, -0.1) is 0 Å². The molecule has 1 aromatic carbocycles. The van der Waals surface area contributed by atoms with Crippen molar-refractivity contribution in [1.82, 2.24) is 5.32 Å². The van der Waals surface area contributed by atoms with Gasteiger partial charge in [0.1, 0.15) is 0 Å². The molecule has 0 saturated heterocycles. The van der Waals surface area contributed by atoms with Gasteiger partial charge in [-0.25, -0.2) is 0 Å². The van der Waals surface area contributed by atoms with Gasteiger partial charge in [-0.3, -0.25) is 0 Å². The fourth-order valence-electron chi connectivity index (χ4n) is 2.79. The van der Waals surface area contributed by atoms with E-state index in [1.807, 2.05) is 0 Å². The lowest BCUT2D eigenvalue weighted by atomic mass is 9.89. The van der Waals surface area contributed by atoms with Crippen molar-refractivity contribution in [3.8, 4) is 0 Å². The molecule has 0 aliphatic carbocycles. The Morgan fingerprint density at radius 2 is 1.71 bits per heavy atom. The van der Waals surface area contributed by atoms with Crippen LogP contribution in [-0.2, 0) is 6.42 Å². The molecular formula is C16H27N. The normalized spacial score (nSPS) is 12.8. The summed E-state index contributed by atoms with van der Waals surface area (Å²) in [6.07, 6.45) is 3.80. The molecule has 0 bridgehead atoms. The molecule has 1 heteroatoms. The first-order chi connectivity index (χ1) is 8.08. The fourth-order valence-corrected chi connectivity index (χ4v) is 2.79. The molecule has 0 aliphatic heterocycles. The van der Waals surface area contributed by atoms with E-state index in [-0.39, 0.29) is 0 Å². The standard InChI is InChI=1S/C16H27N/c1-6-7-15(11-17-5)10-16-13(3)8-12(2)9-14(16)4/h8-9,15,17H,6-7,10-11H2,1-5H3.